The Bertz CT molecular complexity index is 410. The van der Waals surface area contributed by atoms with E-state index < -0.39 is 0 Å². The molecule has 0 radical (unpaired) electrons. The van der Waals surface area contributed by atoms with Crippen LogP contribution in [0.3, 0.4) is 0 Å². The highest BCUT2D eigenvalue weighted by Crippen LogP contribution is 2.29. The highest BCUT2D eigenvalue weighted by molar-refractivity contribution is 8.00. The summed E-state index contributed by atoms with van der Waals surface area (Å²) in [5, 5.41) is 0. The maximum atomic E-state index is 13.1. The first-order valence-electron chi connectivity index (χ1n) is 3.40. The second-order valence-electron chi connectivity index (χ2n) is 2.27. The minimum absolute atomic E-state index is 0.176. The number of rotatable bonds is 1. The first-order chi connectivity index (χ1) is 5.81. The van der Waals surface area contributed by atoms with E-state index in [2.05, 4.69) is 4.98 Å². The average Bonchev–Trinajstić information content (AvgIpc) is 2.49. The lowest BCUT2D eigenvalue weighted by atomic mass is 10.3. The number of nitrogens with zero attached hydrogens (tertiary/aromatic N) is 1. The maximum Gasteiger partial charge on any atom is 0.150 e. The van der Waals surface area contributed by atoms with Crippen LogP contribution in [0.15, 0.2) is 22.5 Å². The molecule has 0 aliphatic heterocycles. The van der Waals surface area contributed by atoms with Gasteiger partial charge in [0.2, 0.25) is 0 Å². The van der Waals surface area contributed by atoms with Gasteiger partial charge >= 0.3 is 0 Å². The van der Waals surface area contributed by atoms with Gasteiger partial charge in [0, 0.05) is 0 Å². The van der Waals surface area contributed by atoms with Crippen molar-refractivity contribution < 1.29 is 4.39 Å². The molecule has 0 aliphatic carbocycles. The molecular weight excluding hydrogens is 193 g/mol. The van der Waals surface area contributed by atoms with Gasteiger partial charge in [0.15, 0.2) is 4.34 Å². The second-order valence-corrected chi connectivity index (χ2v) is 4.32. The molecule has 0 bridgehead atoms. The van der Waals surface area contributed by atoms with Gasteiger partial charge in [-0.25, -0.2) is 9.37 Å². The number of thioether (sulfide) groups is 1. The van der Waals surface area contributed by atoms with E-state index in [1.165, 1.54) is 17.4 Å². The van der Waals surface area contributed by atoms with Crippen molar-refractivity contribution in [2.75, 3.05) is 6.26 Å². The molecule has 0 saturated carbocycles. The van der Waals surface area contributed by atoms with Crippen molar-refractivity contribution >= 4 is 33.3 Å². The predicted octanol–water partition coefficient (Wildman–Crippen LogP) is 3.16. The molecule has 62 valence electrons. The van der Waals surface area contributed by atoms with Crippen LogP contribution in [0.4, 0.5) is 4.39 Å². The Morgan fingerprint density at radius 2 is 2.33 bits per heavy atom. The van der Waals surface area contributed by atoms with E-state index in [1.807, 2.05) is 12.3 Å². The molecule has 1 aromatic carbocycles. The number of halogens is 1. The summed E-state index contributed by atoms with van der Waals surface area (Å²) in [4.78, 5) is 4.23. The Morgan fingerprint density at radius 1 is 1.50 bits per heavy atom. The maximum absolute atomic E-state index is 13.1. The zero-order valence-corrected chi connectivity index (χ0v) is 8.01. The van der Waals surface area contributed by atoms with Gasteiger partial charge in [0.25, 0.3) is 0 Å². The third-order valence-corrected chi connectivity index (χ3v) is 3.59. The Kier molecular flexibility index (Phi) is 2.02. The fraction of sp³-hybridized carbons (Fsp3) is 0.125. The van der Waals surface area contributed by atoms with Crippen LogP contribution in [0.1, 0.15) is 0 Å². The second kappa shape index (κ2) is 3.03. The van der Waals surface area contributed by atoms with Crippen LogP contribution < -0.4 is 0 Å². The Hall–Kier alpha value is -0.610. The minimum atomic E-state index is -0.176. The lowest BCUT2D eigenvalue weighted by Crippen LogP contribution is -1.72. The van der Waals surface area contributed by atoms with Crippen molar-refractivity contribution in [2.45, 2.75) is 4.34 Å². The zero-order valence-electron chi connectivity index (χ0n) is 6.37. The van der Waals surface area contributed by atoms with E-state index in [0.29, 0.717) is 4.70 Å². The van der Waals surface area contributed by atoms with Gasteiger partial charge in [0.05, 0.1) is 10.2 Å². The molecule has 0 N–H and O–H groups in total. The van der Waals surface area contributed by atoms with Crippen molar-refractivity contribution in [1.82, 2.24) is 4.98 Å². The molecule has 1 aromatic heterocycles. The van der Waals surface area contributed by atoms with Gasteiger partial charge in [-0.2, -0.15) is 0 Å². The van der Waals surface area contributed by atoms with Crippen LogP contribution in [0.25, 0.3) is 10.2 Å². The molecule has 2 aromatic rings. The Balaban J connectivity index is 2.74. The molecule has 1 nitrogen and oxygen atoms in total. The first-order valence-corrected chi connectivity index (χ1v) is 5.44. The highest BCUT2D eigenvalue weighted by atomic mass is 32.2. The van der Waals surface area contributed by atoms with E-state index in [-0.39, 0.29) is 5.82 Å². The number of benzene rings is 1. The quantitative estimate of drug-likeness (QED) is 0.654. The molecule has 2 rings (SSSR count). The van der Waals surface area contributed by atoms with Crippen LogP contribution >= 0.6 is 23.1 Å². The normalized spacial score (nSPS) is 10.8. The van der Waals surface area contributed by atoms with Gasteiger partial charge in [-0.3, -0.25) is 0 Å². The summed E-state index contributed by atoms with van der Waals surface area (Å²) in [6, 6.07) is 4.97. The predicted molar refractivity (Wildman–Crippen MR) is 51.4 cm³/mol. The number of aromatic nitrogens is 1. The number of fused-ring (bicyclic) bond motifs is 1. The van der Waals surface area contributed by atoms with Crippen molar-refractivity contribution in [1.29, 1.82) is 0 Å². The van der Waals surface area contributed by atoms with Gasteiger partial charge in [0.1, 0.15) is 5.82 Å². The smallest absolute Gasteiger partial charge is 0.150 e. The molecule has 0 saturated heterocycles. The lowest BCUT2D eigenvalue weighted by Gasteiger charge is -1.86. The summed E-state index contributed by atoms with van der Waals surface area (Å²) in [6.07, 6.45) is 1.94. The molecule has 4 heteroatoms. The Labute approximate surface area is 77.6 Å². The molecule has 0 aliphatic rings. The summed E-state index contributed by atoms with van der Waals surface area (Å²) in [6.45, 7) is 0. The molecule has 0 atom stereocenters. The summed E-state index contributed by atoms with van der Waals surface area (Å²) in [5.41, 5.74) is 0.754. The molecule has 0 unspecified atom stereocenters. The summed E-state index contributed by atoms with van der Waals surface area (Å²) >= 11 is 2.94. The lowest BCUT2D eigenvalue weighted by molar-refractivity contribution is 0.641. The molecular formula is C8H6FNS2. The summed E-state index contributed by atoms with van der Waals surface area (Å²) in [5.74, 6) is -0.176. The fourth-order valence-electron chi connectivity index (χ4n) is 0.982. The zero-order chi connectivity index (χ0) is 8.55. The van der Waals surface area contributed by atoms with Crippen LogP contribution in [-0.2, 0) is 0 Å². The molecule has 0 fully saturated rings. The minimum Gasteiger partial charge on any atom is -0.230 e. The van der Waals surface area contributed by atoms with Crippen molar-refractivity contribution in [3.8, 4) is 0 Å². The van der Waals surface area contributed by atoms with Crippen molar-refractivity contribution in [3.63, 3.8) is 0 Å². The standard InChI is InChI=1S/C8H6FNS2/c1-11-8-10-6-4-2-3-5(9)7(6)12-8/h2-4H,1H3. The van der Waals surface area contributed by atoms with Gasteiger partial charge in [-0.15, -0.1) is 11.3 Å². The van der Waals surface area contributed by atoms with Crippen LogP contribution in [-0.4, -0.2) is 11.2 Å². The molecule has 12 heavy (non-hydrogen) atoms. The van der Waals surface area contributed by atoms with E-state index >= 15 is 0 Å². The van der Waals surface area contributed by atoms with E-state index in [4.69, 9.17) is 0 Å². The summed E-state index contributed by atoms with van der Waals surface area (Å²) in [7, 11) is 0. The van der Waals surface area contributed by atoms with E-state index in [9.17, 15) is 4.39 Å². The monoisotopic (exact) mass is 199 g/mol. The van der Waals surface area contributed by atoms with Crippen LogP contribution in [0.5, 0.6) is 0 Å². The summed E-state index contributed by atoms with van der Waals surface area (Å²) < 4.78 is 14.7. The third-order valence-electron chi connectivity index (χ3n) is 1.52. The fourth-order valence-corrected chi connectivity index (χ4v) is 2.46. The molecule has 1 heterocycles. The van der Waals surface area contributed by atoms with Crippen molar-refractivity contribution in [2.24, 2.45) is 0 Å². The Morgan fingerprint density at radius 3 is 3.00 bits per heavy atom. The van der Waals surface area contributed by atoms with Gasteiger partial charge < -0.3 is 0 Å². The highest BCUT2D eigenvalue weighted by Gasteiger charge is 2.05. The van der Waals surface area contributed by atoms with Gasteiger partial charge in [-0.05, 0) is 18.4 Å². The third kappa shape index (κ3) is 1.21. The van der Waals surface area contributed by atoms with Crippen LogP contribution in [0, 0.1) is 5.82 Å². The number of thiazole rings is 1. The van der Waals surface area contributed by atoms with Crippen LogP contribution in [0.2, 0.25) is 0 Å². The van der Waals surface area contributed by atoms with E-state index in [0.717, 1.165) is 9.86 Å². The number of hydrogen-bond donors (Lipinski definition) is 0. The number of hydrogen-bond acceptors (Lipinski definition) is 3. The average molecular weight is 199 g/mol. The van der Waals surface area contributed by atoms with E-state index in [1.54, 1.807) is 17.8 Å². The topological polar surface area (TPSA) is 12.9 Å². The first kappa shape index (κ1) is 8.01. The molecule has 0 amide bonds. The van der Waals surface area contributed by atoms with Crippen molar-refractivity contribution in [3.05, 3.63) is 24.0 Å². The largest absolute Gasteiger partial charge is 0.230 e. The SMILES string of the molecule is CSc1nc2cccc(F)c2s1. The van der Waals surface area contributed by atoms with Gasteiger partial charge in [-0.1, -0.05) is 17.8 Å². The molecule has 0 spiro atoms.